The van der Waals surface area contributed by atoms with E-state index in [1.165, 1.54) is 29.8 Å². The summed E-state index contributed by atoms with van der Waals surface area (Å²) < 4.78 is 0. The molecule has 0 aliphatic rings. The van der Waals surface area contributed by atoms with Gasteiger partial charge in [-0.1, -0.05) is 17.7 Å². The van der Waals surface area contributed by atoms with Crippen LogP contribution in [0.4, 0.5) is 5.69 Å². The number of carbonyl (C=O) groups is 1. The molecule has 2 aromatic rings. The van der Waals surface area contributed by atoms with Gasteiger partial charge in [-0.15, -0.1) is 0 Å². The fourth-order valence-corrected chi connectivity index (χ4v) is 2.35. The Bertz CT molecular complexity index is 757. The lowest BCUT2D eigenvalue weighted by molar-refractivity contribution is -0.384. The number of hydrogen-bond donors (Lipinski definition) is 1. The summed E-state index contributed by atoms with van der Waals surface area (Å²) in [6.45, 7) is 6.00. The molecule has 1 N–H and O–H groups in total. The van der Waals surface area contributed by atoms with Crippen LogP contribution in [0.1, 0.15) is 32.6 Å². The zero-order valence-electron chi connectivity index (χ0n) is 13.2. The Morgan fingerprint density at radius 1 is 1.13 bits per heavy atom. The molecule has 6 heteroatoms. The van der Waals surface area contributed by atoms with E-state index in [-0.39, 0.29) is 5.69 Å². The van der Waals surface area contributed by atoms with Crippen LogP contribution in [0.2, 0.25) is 0 Å². The minimum absolute atomic E-state index is 0.0593. The first kappa shape index (κ1) is 16.4. The topological polar surface area (TPSA) is 84.6 Å². The first-order valence-corrected chi connectivity index (χ1v) is 7.04. The minimum atomic E-state index is -0.511. The van der Waals surface area contributed by atoms with Gasteiger partial charge in [-0.3, -0.25) is 14.9 Å². The van der Waals surface area contributed by atoms with Crippen LogP contribution in [-0.4, -0.2) is 17.0 Å². The van der Waals surface area contributed by atoms with Crippen LogP contribution >= 0.6 is 0 Å². The summed E-state index contributed by atoms with van der Waals surface area (Å²) in [5.74, 6) is -0.418. The van der Waals surface area contributed by atoms with E-state index >= 15 is 0 Å². The van der Waals surface area contributed by atoms with Gasteiger partial charge < -0.3 is 0 Å². The largest absolute Gasteiger partial charge is 0.271 e. The lowest BCUT2D eigenvalue weighted by Gasteiger charge is -2.06. The second kappa shape index (κ2) is 6.83. The molecular weight excluding hydrogens is 294 g/mol. The maximum atomic E-state index is 11.9. The zero-order chi connectivity index (χ0) is 17.0. The van der Waals surface area contributed by atoms with Gasteiger partial charge in [0, 0.05) is 23.3 Å². The molecule has 0 radical (unpaired) electrons. The molecule has 0 atom stereocenters. The molecule has 0 fully saturated rings. The number of nitro benzene ring substituents is 1. The summed E-state index contributed by atoms with van der Waals surface area (Å²) in [6.07, 6.45) is 1.60. The van der Waals surface area contributed by atoms with Crippen LogP contribution in [0.3, 0.4) is 0 Å². The van der Waals surface area contributed by atoms with Gasteiger partial charge in [-0.2, -0.15) is 5.10 Å². The molecule has 0 saturated heterocycles. The van der Waals surface area contributed by atoms with Crippen molar-refractivity contribution in [2.45, 2.75) is 20.8 Å². The summed E-state index contributed by atoms with van der Waals surface area (Å²) in [7, 11) is 0. The van der Waals surface area contributed by atoms with Gasteiger partial charge in [0.25, 0.3) is 11.6 Å². The summed E-state index contributed by atoms with van der Waals surface area (Å²) in [6, 6.07) is 9.45. The van der Waals surface area contributed by atoms with E-state index in [0.29, 0.717) is 5.56 Å². The number of nitrogens with one attached hydrogen (secondary N) is 1. The van der Waals surface area contributed by atoms with Crippen LogP contribution in [0.5, 0.6) is 0 Å². The molecule has 6 nitrogen and oxygen atoms in total. The molecule has 1 amide bonds. The quantitative estimate of drug-likeness (QED) is 0.534. The second-order valence-electron chi connectivity index (χ2n) is 5.32. The van der Waals surface area contributed by atoms with Crippen molar-refractivity contribution in [1.82, 2.24) is 5.43 Å². The van der Waals surface area contributed by atoms with Gasteiger partial charge in [-0.25, -0.2) is 5.43 Å². The first-order valence-electron chi connectivity index (χ1n) is 7.04. The first-order chi connectivity index (χ1) is 10.9. The number of nitro groups is 1. The predicted octanol–water partition coefficient (Wildman–Crippen LogP) is 3.28. The van der Waals surface area contributed by atoms with Crippen molar-refractivity contribution in [2.75, 3.05) is 0 Å². The predicted molar refractivity (Wildman–Crippen MR) is 88.8 cm³/mol. The monoisotopic (exact) mass is 311 g/mol. The van der Waals surface area contributed by atoms with Gasteiger partial charge in [0.05, 0.1) is 11.1 Å². The molecule has 2 rings (SSSR count). The van der Waals surface area contributed by atoms with Crippen LogP contribution < -0.4 is 5.43 Å². The van der Waals surface area contributed by atoms with Crippen molar-refractivity contribution >= 4 is 17.8 Å². The van der Waals surface area contributed by atoms with Crippen molar-refractivity contribution in [2.24, 2.45) is 5.10 Å². The number of rotatable bonds is 4. The average molecular weight is 311 g/mol. The Hall–Kier alpha value is -3.02. The summed E-state index contributed by atoms with van der Waals surface area (Å²) in [5.41, 5.74) is 6.97. The third-order valence-electron chi connectivity index (χ3n) is 3.44. The minimum Gasteiger partial charge on any atom is -0.267 e. The van der Waals surface area contributed by atoms with Crippen molar-refractivity contribution in [3.63, 3.8) is 0 Å². The van der Waals surface area contributed by atoms with Crippen LogP contribution in [0, 0.1) is 30.9 Å². The average Bonchev–Trinajstić information content (AvgIpc) is 2.49. The van der Waals surface area contributed by atoms with E-state index < -0.39 is 10.8 Å². The lowest BCUT2D eigenvalue weighted by atomic mass is 10.0. The normalized spacial score (nSPS) is 10.7. The second-order valence-corrected chi connectivity index (χ2v) is 5.32. The standard InChI is InChI=1S/C17H17N3O3/c1-11-8-12(2)16(13(3)9-11)10-18-19-17(21)14-4-6-15(7-5-14)20(22)23/h4-10H,1-3H3,(H,19,21)/b18-10+. The SMILES string of the molecule is Cc1cc(C)c(/C=N/NC(=O)c2ccc([N+](=O)[O-])cc2)c(C)c1. The van der Waals surface area contributed by atoms with Crippen LogP contribution in [-0.2, 0) is 0 Å². The molecule has 0 heterocycles. The highest BCUT2D eigenvalue weighted by molar-refractivity contribution is 5.95. The van der Waals surface area contributed by atoms with Gasteiger partial charge in [-0.05, 0) is 44.0 Å². The number of benzene rings is 2. The highest BCUT2D eigenvalue weighted by Crippen LogP contribution is 2.14. The van der Waals surface area contributed by atoms with Crippen molar-refractivity contribution < 1.29 is 9.72 Å². The number of amides is 1. The van der Waals surface area contributed by atoms with Gasteiger partial charge in [0.15, 0.2) is 0 Å². The molecule has 0 aliphatic carbocycles. The van der Waals surface area contributed by atoms with Crippen LogP contribution in [0.15, 0.2) is 41.5 Å². The van der Waals surface area contributed by atoms with Crippen molar-refractivity contribution in [3.8, 4) is 0 Å². The van der Waals surface area contributed by atoms with Gasteiger partial charge in [0.2, 0.25) is 0 Å². The number of hydrazone groups is 1. The van der Waals surface area contributed by atoms with Gasteiger partial charge in [0.1, 0.15) is 0 Å². The molecular formula is C17H17N3O3. The smallest absolute Gasteiger partial charge is 0.267 e. The molecule has 0 aliphatic heterocycles. The lowest BCUT2D eigenvalue weighted by Crippen LogP contribution is -2.17. The van der Waals surface area contributed by atoms with Crippen LogP contribution in [0.25, 0.3) is 0 Å². The number of aryl methyl sites for hydroxylation is 3. The number of nitrogens with zero attached hydrogens (tertiary/aromatic N) is 2. The molecule has 0 spiro atoms. The highest BCUT2D eigenvalue weighted by Gasteiger charge is 2.08. The third-order valence-corrected chi connectivity index (χ3v) is 3.44. The third kappa shape index (κ3) is 4.00. The number of carbonyl (C=O) groups excluding carboxylic acids is 1. The Kier molecular flexibility index (Phi) is 4.85. The molecule has 0 aromatic heterocycles. The molecule has 0 bridgehead atoms. The zero-order valence-corrected chi connectivity index (χ0v) is 13.2. The maximum absolute atomic E-state index is 11.9. The Morgan fingerprint density at radius 2 is 1.70 bits per heavy atom. The molecule has 23 heavy (non-hydrogen) atoms. The van der Waals surface area contributed by atoms with Crippen molar-refractivity contribution in [3.05, 3.63) is 74.3 Å². The van der Waals surface area contributed by atoms with E-state index in [9.17, 15) is 14.9 Å². The fraction of sp³-hybridized carbons (Fsp3) is 0.176. The number of non-ortho nitro benzene ring substituents is 1. The maximum Gasteiger partial charge on any atom is 0.271 e. The Morgan fingerprint density at radius 3 is 2.22 bits per heavy atom. The van der Waals surface area contributed by atoms with E-state index in [2.05, 4.69) is 10.5 Å². The molecule has 0 saturated carbocycles. The summed E-state index contributed by atoms with van der Waals surface area (Å²) in [5, 5.41) is 14.5. The Labute approximate surface area is 134 Å². The van der Waals surface area contributed by atoms with Gasteiger partial charge >= 0.3 is 0 Å². The van der Waals surface area contributed by atoms with E-state index in [1.54, 1.807) is 6.21 Å². The molecule has 2 aromatic carbocycles. The highest BCUT2D eigenvalue weighted by atomic mass is 16.6. The van der Waals surface area contributed by atoms with E-state index in [0.717, 1.165) is 16.7 Å². The van der Waals surface area contributed by atoms with E-state index in [1.807, 2.05) is 32.9 Å². The summed E-state index contributed by atoms with van der Waals surface area (Å²) in [4.78, 5) is 22.0. The molecule has 118 valence electrons. The summed E-state index contributed by atoms with van der Waals surface area (Å²) >= 11 is 0. The Balaban J connectivity index is 2.08. The molecule has 0 unspecified atom stereocenters. The fourth-order valence-electron chi connectivity index (χ4n) is 2.35. The number of hydrogen-bond acceptors (Lipinski definition) is 4. The van der Waals surface area contributed by atoms with Crippen molar-refractivity contribution in [1.29, 1.82) is 0 Å². The van der Waals surface area contributed by atoms with E-state index in [4.69, 9.17) is 0 Å².